The largest absolute Gasteiger partial charge is 0.495 e. The van der Waals surface area contributed by atoms with E-state index >= 15 is 0 Å². The minimum atomic E-state index is -0.113. The van der Waals surface area contributed by atoms with Crippen LogP contribution in [-0.2, 0) is 0 Å². The standard InChI is InChI=1S/C17H18ClNO2/c1-20-16-7-6-11(10-14(16)18)17(19)13-8-9-21-15-5-3-2-4-12(13)15/h2-7,10,13,17H,8-9,19H2,1H3. The molecule has 0 spiro atoms. The predicted molar refractivity (Wildman–Crippen MR) is 84.2 cm³/mol. The minimum absolute atomic E-state index is 0.113. The van der Waals surface area contributed by atoms with Gasteiger partial charge in [0.1, 0.15) is 11.5 Å². The molecule has 0 bridgehead atoms. The Balaban J connectivity index is 1.92. The number of nitrogens with two attached hydrogens (primary N) is 1. The van der Waals surface area contributed by atoms with Gasteiger partial charge < -0.3 is 15.2 Å². The molecule has 110 valence electrons. The van der Waals surface area contributed by atoms with Crippen molar-refractivity contribution in [1.29, 1.82) is 0 Å². The number of benzene rings is 2. The third-order valence-corrected chi connectivity index (χ3v) is 4.29. The Bertz CT molecular complexity index is 644. The molecule has 2 unspecified atom stereocenters. The SMILES string of the molecule is COc1ccc(C(N)C2CCOc3ccccc32)cc1Cl. The van der Waals surface area contributed by atoms with Crippen molar-refractivity contribution in [1.82, 2.24) is 0 Å². The molecule has 0 fully saturated rings. The van der Waals surface area contributed by atoms with E-state index < -0.39 is 0 Å². The Morgan fingerprint density at radius 2 is 2.10 bits per heavy atom. The molecule has 1 aliphatic rings. The zero-order valence-electron chi connectivity index (χ0n) is 11.9. The molecule has 0 amide bonds. The summed E-state index contributed by atoms with van der Waals surface area (Å²) >= 11 is 6.21. The molecule has 0 aromatic heterocycles. The summed E-state index contributed by atoms with van der Waals surface area (Å²) in [5.41, 5.74) is 8.68. The highest BCUT2D eigenvalue weighted by atomic mass is 35.5. The first-order chi connectivity index (χ1) is 10.2. The molecule has 2 aromatic carbocycles. The van der Waals surface area contributed by atoms with Gasteiger partial charge in [-0.05, 0) is 35.7 Å². The molecule has 21 heavy (non-hydrogen) atoms. The first kappa shape index (κ1) is 14.2. The highest BCUT2D eigenvalue weighted by Gasteiger charge is 2.27. The number of ether oxygens (including phenoxy) is 2. The predicted octanol–water partition coefficient (Wildman–Crippen LogP) is 3.91. The molecule has 1 aliphatic heterocycles. The van der Waals surface area contributed by atoms with Crippen LogP contribution in [0.15, 0.2) is 42.5 Å². The number of para-hydroxylation sites is 1. The van der Waals surface area contributed by atoms with Crippen molar-refractivity contribution in [3.63, 3.8) is 0 Å². The molecular weight excluding hydrogens is 286 g/mol. The summed E-state index contributed by atoms with van der Waals surface area (Å²) in [5, 5.41) is 0.589. The minimum Gasteiger partial charge on any atom is -0.495 e. The quantitative estimate of drug-likeness (QED) is 0.935. The van der Waals surface area contributed by atoms with Crippen LogP contribution in [0.3, 0.4) is 0 Å². The average molecular weight is 304 g/mol. The van der Waals surface area contributed by atoms with Crippen molar-refractivity contribution in [3.05, 3.63) is 58.6 Å². The Hall–Kier alpha value is -1.71. The van der Waals surface area contributed by atoms with Gasteiger partial charge in [0.15, 0.2) is 0 Å². The van der Waals surface area contributed by atoms with Crippen LogP contribution in [0.2, 0.25) is 5.02 Å². The van der Waals surface area contributed by atoms with Crippen LogP contribution in [0.25, 0.3) is 0 Å². The fourth-order valence-electron chi connectivity index (χ4n) is 2.86. The second-order valence-corrected chi connectivity index (χ2v) is 5.61. The van der Waals surface area contributed by atoms with Crippen LogP contribution < -0.4 is 15.2 Å². The maximum Gasteiger partial charge on any atom is 0.137 e. The highest BCUT2D eigenvalue weighted by molar-refractivity contribution is 6.32. The third-order valence-electron chi connectivity index (χ3n) is 4.00. The number of methoxy groups -OCH3 is 1. The number of hydrogen-bond acceptors (Lipinski definition) is 3. The summed E-state index contributed by atoms with van der Waals surface area (Å²) in [4.78, 5) is 0. The molecule has 4 heteroatoms. The molecule has 1 heterocycles. The van der Waals surface area contributed by atoms with E-state index in [-0.39, 0.29) is 12.0 Å². The number of fused-ring (bicyclic) bond motifs is 1. The Morgan fingerprint density at radius 3 is 2.86 bits per heavy atom. The van der Waals surface area contributed by atoms with Crippen LogP contribution in [-0.4, -0.2) is 13.7 Å². The second kappa shape index (κ2) is 5.96. The number of hydrogen-bond donors (Lipinski definition) is 1. The molecule has 0 saturated heterocycles. The van der Waals surface area contributed by atoms with Gasteiger partial charge in [0, 0.05) is 12.0 Å². The van der Waals surface area contributed by atoms with Gasteiger partial charge in [-0.25, -0.2) is 0 Å². The summed E-state index contributed by atoms with van der Waals surface area (Å²) < 4.78 is 10.9. The molecule has 2 atom stereocenters. The summed E-state index contributed by atoms with van der Waals surface area (Å²) in [6.07, 6.45) is 0.905. The van der Waals surface area contributed by atoms with E-state index in [1.807, 2.05) is 36.4 Å². The van der Waals surface area contributed by atoms with E-state index in [9.17, 15) is 0 Å². The fraction of sp³-hybridized carbons (Fsp3) is 0.294. The molecule has 0 saturated carbocycles. The Labute approximate surface area is 129 Å². The van der Waals surface area contributed by atoms with E-state index in [0.29, 0.717) is 17.4 Å². The summed E-state index contributed by atoms with van der Waals surface area (Å²) in [7, 11) is 1.61. The normalized spacial score (nSPS) is 18.5. The van der Waals surface area contributed by atoms with Gasteiger partial charge >= 0.3 is 0 Å². The molecule has 0 aliphatic carbocycles. The fourth-order valence-corrected chi connectivity index (χ4v) is 3.13. The summed E-state index contributed by atoms with van der Waals surface area (Å²) in [5.74, 6) is 1.84. The summed E-state index contributed by atoms with van der Waals surface area (Å²) in [6.45, 7) is 0.694. The van der Waals surface area contributed by atoms with E-state index in [1.165, 1.54) is 5.56 Å². The lowest BCUT2D eigenvalue weighted by Crippen LogP contribution is -2.25. The monoisotopic (exact) mass is 303 g/mol. The van der Waals surface area contributed by atoms with E-state index in [0.717, 1.165) is 17.7 Å². The van der Waals surface area contributed by atoms with E-state index in [2.05, 4.69) is 6.07 Å². The number of rotatable bonds is 3. The van der Waals surface area contributed by atoms with Crippen molar-refractivity contribution in [2.24, 2.45) is 5.73 Å². The van der Waals surface area contributed by atoms with E-state index in [4.69, 9.17) is 26.8 Å². The summed E-state index contributed by atoms with van der Waals surface area (Å²) in [6, 6.07) is 13.7. The van der Waals surface area contributed by atoms with Crippen molar-refractivity contribution in [2.45, 2.75) is 18.4 Å². The molecule has 3 rings (SSSR count). The number of halogens is 1. The molecule has 2 N–H and O–H groups in total. The first-order valence-corrected chi connectivity index (χ1v) is 7.39. The van der Waals surface area contributed by atoms with Gasteiger partial charge in [0.25, 0.3) is 0 Å². The maximum atomic E-state index is 6.49. The van der Waals surface area contributed by atoms with E-state index in [1.54, 1.807) is 7.11 Å². The lowest BCUT2D eigenvalue weighted by molar-refractivity contribution is 0.255. The zero-order chi connectivity index (χ0) is 14.8. The van der Waals surface area contributed by atoms with Gasteiger partial charge in [0.05, 0.1) is 18.7 Å². The Kier molecular flexibility index (Phi) is 4.04. The third kappa shape index (κ3) is 2.71. The smallest absolute Gasteiger partial charge is 0.137 e. The van der Waals surface area contributed by atoms with Crippen molar-refractivity contribution in [3.8, 4) is 11.5 Å². The van der Waals surface area contributed by atoms with Gasteiger partial charge in [-0.3, -0.25) is 0 Å². The maximum absolute atomic E-state index is 6.49. The molecule has 2 aromatic rings. The zero-order valence-corrected chi connectivity index (χ0v) is 12.6. The van der Waals surface area contributed by atoms with Crippen LogP contribution in [0.1, 0.15) is 29.5 Å². The molecule has 0 radical (unpaired) electrons. The van der Waals surface area contributed by atoms with Crippen molar-refractivity contribution >= 4 is 11.6 Å². The van der Waals surface area contributed by atoms with Crippen LogP contribution >= 0.6 is 11.6 Å². The van der Waals surface area contributed by atoms with Crippen LogP contribution in [0.4, 0.5) is 0 Å². The van der Waals surface area contributed by atoms with Crippen molar-refractivity contribution < 1.29 is 9.47 Å². The lowest BCUT2D eigenvalue weighted by atomic mass is 9.84. The van der Waals surface area contributed by atoms with Crippen molar-refractivity contribution in [2.75, 3.05) is 13.7 Å². The average Bonchev–Trinajstić information content (AvgIpc) is 2.53. The van der Waals surface area contributed by atoms with Crippen LogP contribution in [0.5, 0.6) is 11.5 Å². The topological polar surface area (TPSA) is 44.5 Å². The molecular formula is C17H18ClNO2. The van der Waals surface area contributed by atoms with Crippen LogP contribution in [0, 0.1) is 0 Å². The van der Waals surface area contributed by atoms with Gasteiger partial charge in [-0.2, -0.15) is 0 Å². The lowest BCUT2D eigenvalue weighted by Gasteiger charge is -2.30. The Morgan fingerprint density at radius 1 is 1.29 bits per heavy atom. The second-order valence-electron chi connectivity index (χ2n) is 5.20. The highest BCUT2D eigenvalue weighted by Crippen LogP contribution is 2.41. The van der Waals surface area contributed by atoms with Gasteiger partial charge in [0.2, 0.25) is 0 Å². The van der Waals surface area contributed by atoms with Gasteiger partial charge in [-0.15, -0.1) is 0 Å². The first-order valence-electron chi connectivity index (χ1n) is 7.01. The molecule has 3 nitrogen and oxygen atoms in total. The van der Waals surface area contributed by atoms with Gasteiger partial charge in [-0.1, -0.05) is 35.9 Å².